The van der Waals surface area contributed by atoms with Gasteiger partial charge in [-0.25, -0.2) is 0 Å². The lowest BCUT2D eigenvalue weighted by molar-refractivity contribution is -0.127. The van der Waals surface area contributed by atoms with E-state index < -0.39 is 0 Å². The van der Waals surface area contributed by atoms with Gasteiger partial charge in [0.2, 0.25) is 11.8 Å². The van der Waals surface area contributed by atoms with Crippen molar-refractivity contribution in [2.45, 2.75) is 38.7 Å². The number of hydrogen-bond acceptors (Lipinski definition) is 3. The van der Waals surface area contributed by atoms with Crippen LogP contribution in [0.2, 0.25) is 0 Å². The predicted octanol–water partition coefficient (Wildman–Crippen LogP) is 0.854. The number of ether oxygens (including phenoxy) is 1. The Morgan fingerprint density at radius 2 is 2.27 bits per heavy atom. The molecule has 0 radical (unpaired) electrons. The van der Waals surface area contributed by atoms with Crippen molar-refractivity contribution in [1.29, 1.82) is 0 Å². The molecule has 4 nitrogen and oxygen atoms in total. The van der Waals surface area contributed by atoms with E-state index in [9.17, 15) is 9.59 Å². The monoisotopic (exact) mass is 211 g/mol. The summed E-state index contributed by atoms with van der Waals surface area (Å²) in [5, 5.41) is 2.38. The second-order valence-corrected chi connectivity index (χ2v) is 4.41. The molecule has 0 aliphatic carbocycles. The Balaban J connectivity index is 1.98. The first-order valence-corrected chi connectivity index (χ1v) is 5.66. The summed E-state index contributed by atoms with van der Waals surface area (Å²) in [5.41, 5.74) is 0. The Hall–Kier alpha value is -0.900. The summed E-state index contributed by atoms with van der Waals surface area (Å²) in [4.78, 5) is 22.6. The summed E-state index contributed by atoms with van der Waals surface area (Å²) in [7, 11) is 0. The lowest BCUT2D eigenvalue weighted by Gasteiger charge is -2.31. The molecule has 2 saturated heterocycles. The average molecular weight is 211 g/mol. The van der Waals surface area contributed by atoms with E-state index in [1.165, 1.54) is 0 Å². The number of nitrogens with one attached hydrogen (secondary N) is 1. The second-order valence-electron chi connectivity index (χ2n) is 4.41. The summed E-state index contributed by atoms with van der Waals surface area (Å²) in [6.45, 7) is 2.81. The highest BCUT2D eigenvalue weighted by atomic mass is 16.5. The standard InChI is InChI=1S/C11H17NO3/c1-2-8-5-7(3-4-15-8)9-6-10(13)12-11(9)14/h7-9H,2-6H2,1H3,(H,12,13,14). The van der Waals surface area contributed by atoms with Crippen LogP contribution in [-0.4, -0.2) is 24.5 Å². The quantitative estimate of drug-likeness (QED) is 0.689. The van der Waals surface area contributed by atoms with Gasteiger partial charge in [0.05, 0.1) is 12.0 Å². The van der Waals surface area contributed by atoms with Gasteiger partial charge < -0.3 is 4.74 Å². The Labute approximate surface area is 89.4 Å². The molecule has 2 fully saturated rings. The molecule has 3 atom stereocenters. The third kappa shape index (κ3) is 2.20. The van der Waals surface area contributed by atoms with Gasteiger partial charge in [-0.1, -0.05) is 6.92 Å². The van der Waals surface area contributed by atoms with Gasteiger partial charge >= 0.3 is 0 Å². The van der Waals surface area contributed by atoms with Crippen molar-refractivity contribution in [1.82, 2.24) is 5.32 Å². The highest BCUT2D eigenvalue weighted by Crippen LogP contribution is 2.32. The van der Waals surface area contributed by atoms with Crippen LogP contribution < -0.4 is 5.32 Å². The van der Waals surface area contributed by atoms with Gasteiger partial charge in [0.1, 0.15) is 0 Å². The SMILES string of the molecule is CCC1CC(C2CC(=O)NC2=O)CCO1. The van der Waals surface area contributed by atoms with Crippen LogP contribution in [0.5, 0.6) is 0 Å². The maximum absolute atomic E-state index is 11.5. The van der Waals surface area contributed by atoms with E-state index in [4.69, 9.17) is 4.74 Å². The van der Waals surface area contributed by atoms with E-state index >= 15 is 0 Å². The fourth-order valence-electron chi connectivity index (χ4n) is 2.51. The van der Waals surface area contributed by atoms with Gasteiger partial charge in [-0.3, -0.25) is 14.9 Å². The number of carbonyl (C=O) groups is 2. The number of rotatable bonds is 2. The molecule has 1 N–H and O–H groups in total. The molecule has 0 aromatic rings. The molecule has 0 bridgehead atoms. The van der Waals surface area contributed by atoms with Gasteiger partial charge in [-0.15, -0.1) is 0 Å². The number of carbonyl (C=O) groups excluding carboxylic acids is 2. The highest BCUT2D eigenvalue weighted by molar-refractivity contribution is 6.03. The van der Waals surface area contributed by atoms with Crippen LogP contribution in [-0.2, 0) is 14.3 Å². The van der Waals surface area contributed by atoms with Crippen LogP contribution in [0, 0.1) is 11.8 Å². The average Bonchev–Trinajstić information content (AvgIpc) is 2.58. The van der Waals surface area contributed by atoms with Crippen LogP contribution in [0.25, 0.3) is 0 Å². The van der Waals surface area contributed by atoms with Gasteiger partial charge in [0.25, 0.3) is 0 Å². The van der Waals surface area contributed by atoms with Gasteiger partial charge in [0, 0.05) is 13.0 Å². The Bertz CT molecular complexity index is 277. The first kappa shape index (κ1) is 10.6. The van der Waals surface area contributed by atoms with Crippen molar-refractivity contribution in [3.63, 3.8) is 0 Å². The molecular weight excluding hydrogens is 194 g/mol. The van der Waals surface area contributed by atoms with Gasteiger partial charge in [-0.2, -0.15) is 0 Å². The zero-order valence-electron chi connectivity index (χ0n) is 8.99. The van der Waals surface area contributed by atoms with E-state index in [1.54, 1.807) is 0 Å². The molecule has 4 heteroatoms. The molecule has 0 saturated carbocycles. The van der Waals surface area contributed by atoms with Crippen LogP contribution in [0.1, 0.15) is 32.6 Å². The van der Waals surface area contributed by atoms with Crippen LogP contribution in [0.4, 0.5) is 0 Å². The summed E-state index contributed by atoms with van der Waals surface area (Å²) in [6, 6.07) is 0. The van der Waals surface area contributed by atoms with Gasteiger partial charge in [0.15, 0.2) is 0 Å². The van der Waals surface area contributed by atoms with E-state index in [1.807, 2.05) is 0 Å². The lowest BCUT2D eigenvalue weighted by Crippen LogP contribution is -2.33. The third-order valence-corrected chi connectivity index (χ3v) is 3.44. The van der Waals surface area contributed by atoms with E-state index in [-0.39, 0.29) is 23.8 Å². The van der Waals surface area contributed by atoms with Crippen molar-refractivity contribution in [2.24, 2.45) is 11.8 Å². The minimum atomic E-state index is -0.121. The summed E-state index contributed by atoms with van der Waals surface area (Å²) >= 11 is 0. The van der Waals surface area contributed by atoms with Crippen molar-refractivity contribution in [2.75, 3.05) is 6.61 Å². The molecule has 0 spiro atoms. The molecule has 15 heavy (non-hydrogen) atoms. The zero-order chi connectivity index (χ0) is 10.8. The largest absolute Gasteiger partial charge is 0.378 e. The smallest absolute Gasteiger partial charge is 0.230 e. The summed E-state index contributed by atoms with van der Waals surface area (Å²) in [6.07, 6.45) is 3.45. The first-order valence-electron chi connectivity index (χ1n) is 5.66. The molecule has 3 unspecified atom stereocenters. The molecule has 2 rings (SSSR count). The Morgan fingerprint density at radius 1 is 1.47 bits per heavy atom. The number of amides is 2. The third-order valence-electron chi connectivity index (χ3n) is 3.44. The first-order chi connectivity index (χ1) is 7.20. The molecule has 2 heterocycles. The maximum atomic E-state index is 11.5. The predicted molar refractivity (Wildman–Crippen MR) is 54.0 cm³/mol. The maximum Gasteiger partial charge on any atom is 0.230 e. The normalized spacial score (nSPS) is 36.7. The van der Waals surface area contributed by atoms with Crippen LogP contribution in [0.3, 0.4) is 0 Å². The molecule has 0 aromatic carbocycles. The lowest BCUT2D eigenvalue weighted by atomic mass is 9.82. The number of imide groups is 1. The summed E-state index contributed by atoms with van der Waals surface area (Å²) in [5.74, 6) is 0.0249. The molecule has 2 aliphatic rings. The minimum Gasteiger partial charge on any atom is -0.378 e. The van der Waals surface area contributed by atoms with Crippen LogP contribution >= 0.6 is 0 Å². The molecular formula is C11H17NO3. The van der Waals surface area contributed by atoms with Crippen molar-refractivity contribution >= 4 is 11.8 Å². The summed E-state index contributed by atoms with van der Waals surface area (Å²) < 4.78 is 5.56. The molecule has 84 valence electrons. The fourth-order valence-corrected chi connectivity index (χ4v) is 2.51. The topological polar surface area (TPSA) is 55.4 Å². The van der Waals surface area contributed by atoms with Crippen molar-refractivity contribution in [3.8, 4) is 0 Å². The minimum absolute atomic E-state index is 0.0817. The molecule has 0 aromatic heterocycles. The molecule has 2 aliphatic heterocycles. The zero-order valence-corrected chi connectivity index (χ0v) is 8.99. The molecule has 2 amide bonds. The Kier molecular flexibility index (Phi) is 3.05. The van der Waals surface area contributed by atoms with E-state index in [0.29, 0.717) is 12.3 Å². The highest BCUT2D eigenvalue weighted by Gasteiger charge is 2.38. The van der Waals surface area contributed by atoms with Crippen molar-refractivity contribution < 1.29 is 14.3 Å². The van der Waals surface area contributed by atoms with Crippen LogP contribution in [0.15, 0.2) is 0 Å². The number of hydrogen-bond donors (Lipinski definition) is 1. The van der Waals surface area contributed by atoms with Crippen molar-refractivity contribution in [3.05, 3.63) is 0 Å². The van der Waals surface area contributed by atoms with E-state index in [0.717, 1.165) is 25.9 Å². The Morgan fingerprint density at radius 3 is 2.87 bits per heavy atom. The second kappa shape index (κ2) is 4.31. The fraction of sp³-hybridized carbons (Fsp3) is 0.818. The van der Waals surface area contributed by atoms with Gasteiger partial charge in [-0.05, 0) is 25.2 Å². The van der Waals surface area contributed by atoms with E-state index in [2.05, 4.69) is 12.2 Å².